The van der Waals surface area contributed by atoms with E-state index in [9.17, 15) is 0 Å². The Hall–Kier alpha value is -5.46. The second-order valence-corrected chi connectivity index (χ2v) is 23.0. The van der Waals surface area contributed by atoms with E-state index in [-0.39, 0.29) is 20.1 Å². The molecule has 0 saturated carbocycles. The molecule has 0 bridgehead atoms. The molecule has 0 fully saturated rings. The second kappa shape index (κ2) is 18.3. The molecule has 9 aromatic rings. The molecule has 0 spiro atoms. The van der Waals surface area contributed by atoms with Gasteiger partial charge in [-0.1, -0.05) is 145 Å². The van der Waals surface area contributed by atoms with Crippen molar-refractivity contribution in [1.82, 2.24) is 24.1 Å². The van der Waals surface area contributed by atoms with E-state index in [1.807, 2.05) is 6.07 Å². The quantitative estimate of drug-likeness (QED) is 0.107. The molecule has 5 aromatic carbocycles. The van der Waals surface area contributed by atoms with Crippen LogP contribution in [0.15, 0.2) is 140 Å². The van der Waals surface area contributed by atoms with Crippen LogP contribution < -0.4 is 5.19 Å². The van der Waals surface area contributed by atoms with Gasteiger partial charge in [-0.25, -0.2) is 0 Å². The van der Waals surface area contributed by atoms with Gasteiger partial charge in [-0.3, -0.25) is 9.97 Å². The van der Waals surface area contributed by atoms with Crippen molar-refractivity contribution in [3.63, 3.8) is 0 Å². The number of imidazole rings is 1. The van der Waals surface area contributed by atoms with E-state index in [1.54, 1.807) is 12.4 Å². The van der Waals surface area contributed by atoms with Gasteiger partial charge in [0, 0.05) is 43.2 Å². The van der Waals surface area contributed by atoms with Crippen LogP contribution in [0.5, 0.6) is 0 Å². The van der Waals surface area contributed by atoms with Crippen LogP contribution >= 0.6 is 0 Å². The van der Waals surface area contributed by atoms with Crippen molar-refractivity contribution < 1.29 is 20.1 Å². The molecule has 4 heterocycles. The molecule has 0 atom stereocenters. The van der Waals surface area contributed by atoms with Crippen LogP contribution in [-0.4, -0.2) is 32.2 Å². The van der Waals surface area contributed by atoms with Crippen LogP contribution in [0, 0.1) is 18.1 Å². The van der Waals surface area contributed by atoms with Crippen molar-refractivity contribution in [2.45, 2.75) is 79.4 Å². The number of aromatic nitrogens is 5. The van der Waals surface area contributed by atoms with E-state index in [4.69, 9.17) is 4.98 Å². The number of fused-ring (bicyclic) bond motifs is 4. The predicted octanol–water partition coefficient (Wildman–Crippen LogP) is 13.5. The first kappa shape index (κ1) is 43.6. The number of hydrogen-bond donors (Lipinski definition) is 0. The van der Waals surface area contributed by atoms with Crippen LogP contribution in [-0.2, 0) is 26.5 Å². The predicted molar refractivity (Wildman–Crippen MR) is 256 cm³/mol. The average Bonchev–Trinajstić information content (AvgIpc) is 3.79. The summed E-state index contributed by atoms with van der Waals surface area (Å²) in [7, 11) is -1.35. The summed E-state index contributed by atoms with van der Waals surface area (Å²) in [5.41, 5.74) is 14.0. The summed E-state index contributed by atoms with van der Waals surface area (Å²) in [6.45, 7) is 20.8. The fraction of sp³-hybridized carbons (Fsp3) is 0.241. The zero-order valence-corrected chi connectivity index (χ0v) is 40.2. The molecule has 1 radical (unpaired) electrons. The molecular weight excluding hydrogens is 939 g/mol. The molecule has 9 rings (SSSR count). The largest absolute Gasteiger partial charge is 0.351 e. The van der Waals surface area contributed by atoms with Gasteiger partial charge in [0.1, 0.15) is 0 Å². The van der Waals surface area contributed by atoms with E-state index in [0.29, 0.717) is 17.8 Å². The number of rotatable bonds is 9. The fourth-order valence-corrected chi connectivity index (χ4v) is 10.1. The van der Waals surface area contributed by atoms with Gasteiger partial charge in [-0.05, 0) is 99.8 Å². The monoisotopic (exact) mass is 994 g/mol. The summed E-state index contributed by atoms with van der Waals surface area (Å²) in [4.78, 5) is 13.9. The van der Waals surface area contributed by atoms with Gasteiger partial charge in [-0.15, -0.1) is 29.8 Å². The van der Waals surface area contributed by atoms with Crippen LogP contribution in [0.3, 0.4) is 0 Å². The minimum absolute atomic E-state index is 0. The van der Waals surface area contributed by atoms with E-state index < -0.39 is 8.07 Å². The smallest absolute Gasteiger partial charge is 0.0798 e. The molecule has 0 aliphatic heterocycles. The van der Waals surface area contributed by atoms with E-state index >= 15 is 0 Å². The van der Waals surface area contributed by atoms with Crippen LogP contribution in [0.2, 0.25) is 19.6 Å². The molecule has 0 saturated heterocycles. The van der Waals surface area contributed by atoms with Gasteiger partial charge in [0.15, 0.2) is 0 Å². The summed E-state index contributed by atoms with van der Waals surface area (Å²) in [6.07, 6.45) is 6.70. The summed E-state index contributed by atoms with van der Waals surface area (Å²) in [5, 5.41) is 3.90. The van der Waals surface area contributed by atoms with Gasteiger partial charge < -0.3 is 14.1 Å². The molecule has 61 heavy (non-hydrogen) atoms. The summed E-state index contributed by atoms with van der Waals surface area (Å²) >= 11 is 0. The first-order valence-corrected chi connectivity index (χ1v) is 24.8. The average molecular weight is 994 g/mol. The number of hydrogen-bond acceptors (Lipinski definition) is 3. The van der Waals surface area contributed by atoms with Crippen molar-refractivity contribution in [3.8, 4) is 34.0 Å². The first-order valence-electron chi connectivity index (χ1n) is 21.3. The van der Waals surface area contributed by atoms with Crippen molar-refractivity contribution in [2.24, 2.45) is 5.92 Å². The standard InChI is InChI=1S/C37H32N3.C17H23N2Si.Ir/c1-24(2)28-16-12-17-29(25(3)4)36(28)40-35-20-11-9-18-32(35)38-37(40)26-21-22-34-31(23-26)30-15-8-10-19-33(30)39(34)27-13-6-5-7-14-27;1-13(2)10-15-11-16(14-6-8-18-9-7-14)19-12-17(15)20(3,4)5;/h5-20,22-25H,1-4H3;6,8-9,11-13H,10H2,1-5H3;/q2*-1;. The van der Waals surface area contributed by atoms with E-state index in [2.05, 4.69) is 214 Å². The maximum absolute atomic E-state index is 5.24. The second-order valence-electron chi connectivity index (χ2n) is 17.9. The maximum atomic E-state index is 5.24. The van der Waals surface area contributed by atoms with Gasteiger partial charge >= 0.3 is 0 Å². The number of benzene rings is 5. The topological polar surface area (TPSA) is 48.5 Å². The van der Waals surface area contributed by atoms with E-state index in [0.717, 1.165) is 51.3 Å². The molecule has 0 unspecified atom stereocenters. The molecule has 7 heteroatoms. The Morgan fingerprint density at radius 3 is 1.97 bits per heavy atom. The Kier molecular flexibility index (Phi) is 13.1. The third-order valence-corrected chi connectivity index (χ3v) is 13.4. The Balaban J connectivity index is 0.000000226. The molecule has 5 nitrogen and oxygen atoms in total. The zero-order chi connectivity index (χ0) is 42.1. The minimum Gasteiger partial charge on any atom is -0.351 e. The normalized spacial score (nSPS) is 11.7. The molecule has 0 N–H and O–H groups in total. The maximum Gasteiger partial charge on any atom is 0.0798 e. The van der Waals surface area contributed by atoms with Crippen molar-refractivity contribution in [2.75, 3.05) is 0 Å². The summed E-state index contributed by atoms with van der Waals surface area (Å²) < 4.78 is 4.72. The van der Waals surface area contributed by atoms with Gasteiger partial charge in [-0.2, -0.15) is 11.6 Å². The molecule has 0 amide bonds. The van der Waals surface area contributed by atoms with Crippen LogP contribution in [0.4, 0.5) is 0 Å². The molecule has 4 aromatic heterocycles. The summed E-state index contributed by atoms with van der Waals surface area (Å²) in [6, 6.07) is 49.9. The number of nitrogens with zero attached hydrogens (tertiary/aromatic N) is 5. The number of pyridine rings is 2. The Labute approximate surface area is 376 Å². The molecule has 0 aliphatic carbocycles. The Morgan fingerprint density at radius 2 is 1.31 bits per heavy atom. The Bertz CT molecular complexity index is 2890. The van der Waals surface area contributed by atoms with Crippen LogP contribution in [0.25, 0.3) is 66.9 Å². The van der Waals surface area contributed by atoms with Gasteiger partial charge in [0.25, 0.3) is 0 Å². The third-order valence-electron chi connectivity index (χ3n) is 11.3. The Morgan fingerprint density at radius 1 is 0.639 bits per heavy atom. The minimum atomic E-state index is -1.35. The fourth-order valence-electron chi connectivity index (χ4n) is 8.50. The van der Waals surface area contributed by atoms with Crippen molar-refractivity contribution >= 4 is 46.1 Å². The molecular formula is C54H55IrN5Si-2. The third kappa shape index (κ3) is 8.83. The first-order chi connectivity index (χ1) is 28.9. The van der Waals surface area contributed by atoms with Crippen molar-refractivity contribution in [1.29, 1.82) is 0 Å². The SMILES string of the molecule is CC(C)Cc1cc(-c2[c-]cncc2)ncc1[Si](C)(C)C.CC(C)c1cccc(C(C)C)c1-n1c(-c2[c-]cc3c(c2)c2ccccc2n3-c2ccccc2)nc2ccccc21.[Ir]. The van der Waals surface area contributed by atoms with Crippen LogP contribution in [0.1, 0.15) is 70.1 Å². The zero-order valence-electron chi connectivity index (χ0n) is 36.8. The number of para-hydroxylation sites is 5. The molecule has 311 valence electrons. The van der Waals surface area contributed by atoms with Gasteiger partial charge in [0.2, 0.25) is 0 Å². The summed E-state index contributed by atoms with van der Waals surface area (Å²) in [5.74, 6) is 2.33. The van der Waals surface area contributed by atoms with Crippen molar-refractivity contribution in [3.05, 3.63) is 169 Å². The van der Waals surface area contributed by atoms with Gasteiger partial charge in [0.05, 0.1) is 24.9 Å². The molecule has 0 aliphatic rings. The van der Waals surface area contributed by atoms with E-state index in [1.165, 1.54) is 43.9 Å².